The molecule has 0 N–H and O–H groups in total. The smallest absolute Gasteiger partial charge is 0.268 e. The van der Waals surface area contributed by atoms with Crippen molar-refractivity contribution in [3.8, 4) is 0 Å². The van der Waals surface area contributed by atoms with Gasteiger partial charge in [-0.15, -0.1) is 0 Å². The van der Waals surface area contributed by atoms with Crippen LogP contribution in [0.2, 0.25) is 0 Å². The molecule has 1 aliphatic heterocycles. The molecule has 1 aromatic rings. The molecule has 2 rings (SSSR count). The molecule has 0 bridgehead atoms. The maximum absolute atomic E-state index is 12.5. The zero-order valence-electron chi connectivity index (χ0n) is 9.25. The van der Waals surface area contributed by atoms with Crippen molar-refractivity contribution in [2.45, 2.75) is 12.8 Å². The Bertz CT molecular complexity index is 402. The summed E-state index contributed by atoms with van der Waals surface area (Å²) in [6.07, 6.45) is 0.187. The number of likely N-dealkylation sites (tertiary alicyclic amines) is 1. The Labute approximate surface area is 98.7 Å². The molecular weight excluding hydrogens is 223 g/mol. The van der Waals surface area contributed by atoms with Crippen molar-refractivity contribution in [1.82, 2.24) is 4.90 Å². The van der Waals surface area contributed by atoms with Crippen LogP contribution in [0, 0.1) is 0 Å². The van der Waals surface area contributed by atoms with Gasteiger partial charge in [0, 0.05) is 0 Å². The van der Waals surface area contributed by atoms with E-state index in [0.29, 0.717) is 6.61 Å². The summed E-state index contributed by atoms with van der Waals surface area (Å²) in [6, 6.07) is 9.51. The van der Waals surface area contributed by atoms with Crippen LogP contribution in [0.5, 0.6) is 0 Å². The van der Waals surface area contributed by atoms with Crippen LogP contribution in [-0.2, 0) is 16.2 Å². The van der Waals surface area contributed by atoms with Gasteiger partial charge in [0.05, 0.1) is 13.1 Å². The number of alkyl halides is 1. The average molecular weight is 236 g/mol. The van der Waals surface area contributed by atoms with Crippen LogP contribution >= 0.6 is 0 Å². The quantitative estimate of drug-likeness (QED) is 0.585. The number of hydrogen-bond acceptors (Lipinski definition) is 3. The number of halogens is 1. The van der Waals surface area contributed by atoms with Crippen LogP contribution in [0.15, 0.2) is 35.5 Å². The topological polar surface area (TPSA) is 41.9 Å². The molecule has 1 saturated heterocycles. The van der Waals surface area contributed by atoms with Crippen LogP contribution in [0.4, 0.5) is 4.39 Å². The summed E-state index contributed by atoms with van der Waals surface area (Å²) >= 11 is 0. The molecule has 90 valence electrons. The van der Waals surface area contributed by atoms with E-state index < -0.39 is 6.17 Å². The van der Waals surface area contributed by atoms with E-state index in [-0.39, 0.29) is 19.0 Å². The van der Waals surface area contributed by atoms with Gasteiger partial charge in [-0.25, -0.2) is 4.39 Å². The van der Waals surface area contributed by atoms with E-state index >= 15 is 0 Å². The predicted molar refractivity (Wildman–Crippen MR) is 61.2 cm³/mol. The minimum Gasteiger partial charge on any atom is -0.391 e. The highest BCUT2D eigenvalue weighted by Gasteiger charge is 2.29. The van der Waals surface area contributed by atoms with Gasteiger partial charge >= 0.3 is 0 Å². The molecule has 5 heteroatoms. The van der Waals surface area contributed by atoms with Gasteiger partial charge in [0.25, 0.3) is 5.91 Å². The summed E-state index contributed by atoms with van der Waals surface area (Å²) < 4.78 is 12.5. The van der Waals surface area contributed by atoms with E-state index in [2.05, 4.69) is 5.16 Å². The van der Waals surface area contributed by atoms with E-state index in [4.69, 9.17) is 4.84 Å². The summed E-state index contributed by atoms with van der Waals surface area (Å²) in [4.78, 5) is 17.7. The van der Waals surface area contributed by atoms with E-state index in [9.17, 15) is 9.18 Å². The van der Waals surface area contributed by atoms with Crippen molar-refractivity contribution in [3.63, 3.8) is 0 Å². The van der Waals surface area contributed by atoms with Crippen molar-refractivity contribution < 1.29 is 14.0 Å². The lowest BCUT2D eigenvalue weighted by Gasteiger charge is -2.32. The summed E-state index contributed by atoms with van der Waals surface area (Å²) in [5.41, 5.74) is 0.977. The van der Waals surface area contributed by atoms with Gasteiger partial charge in [-0.05, 0) is 5.56 Å². The number of rotatable bonds is 4. The number of hydrogen-bond donors (Lipinski definition) is 0. The summed E-state index contributed by atoms with van der Waals surface area (Å²) in [5.74, 6) is -0.313. The second-order valence-electron chi connectivity index (χ2n) is 3.83. The molecular formula is C12H13FN2O2. The molecule has 0 saturated carbocycles. The monoisotopic (exact) mass is 236 g/mol. The first-order valence-corrected chi connectivity index (χ1v) is 5.38. The Morgan fingerprint density at radius 3 is 2.82 bits per heavy atom. The zero-order chi connectivity index (χ0) is 12.1. The Morgan fingerprint density at radius 2 is 2.18 bits per heavy atom. The maximum atomic E-state index is 12.5. The minimum atomic E-state index is -0.891. The van der Waals surface area contributed by atoms with Gasteiger partial charge in [-0.2, -0.15) is 0 Å². The normalized spacial score (nSPS) is 15.9. The third-order valence-corrected chi connectivity index (χ3v) is 2.46. The van der Waals surface area contributed by atoms with Gasteiger partial charge in [-0.1, -0.05) is 35.5 Å². The summed E-state index contributed by atoms with van der Waals surface area (Å²) in [6.45, 7) is 0.628. The average Bonchev–Trinajstić information content (AvgIpc) is 2.32. The molecule has 1 fully saturated rings. The minimum absolute atomic E-state index is 0.156. The fourth-order valence-corrected chi connectivity index (χ4v) is 1.45. The molecule has 0 radical (unpaired) electrons. The van der Waals surface area contributed by atoms with Crippen molar-refractivity contribution in [3.05, 3.63) is 35.9 Å². The standard InChI is InChI=1S/C12H13FN2O2/c13-11-7-15(8-11)12(16)6-14-17-9-10-4-2-1-3-5-10/h1-6,11H,7-9H2. The van der Waals surface area contributed by atoms with E-state index in [1.807, 2.05) is 30.3 Å². The van der Waals surface area contributed by atoms with E-state index in [0.717, 1.165) is 11.8 Å². The van der Waals surface area contributed by atoms with Gasteiger partial charge in [0.15, 0.2) is 0 Å². The number of carbonyl (C=O) groups excluding carboxylic acids is 1. The largest absolute Gasteiger partial charge is 0.391 e. The molecule has 1 aliphatic rings. The Hall–Kier alpha value is -1.91. The van der Waals surface area contributed by atoms with Crippen LogP contribution < -0.4 is 0 Å². The first-order chi connectivity index (χ1) is 8.25. The lowest BCUT2D eigenvalue weighted by atomic mass is 10.2. The van der Waals surface area contributed by atoms with Gasteiger partial charge in [0.1, 0.15) is 19.0 Å². The number of benzene rings is 1. The molecule has 1 amide bonds. The fraction of sp³-hybridized carbons (Fsp3) is 0.333. The van der Waals surface area contributed by atoms with Crippen molar-refractivity contribution in [2.75, 3.05) is 13.1 Å². The first-order valence-electron chi connectivity index (χ1n) is 5.38. The second kappa shape index (κ2) is 5.43. The highest BCUT2D eigenvalue weighted by atomic mass is 19.1. The predicted octanol–water partition coefficient (Wildman–Crippen LogP) is 1.37. The molecule has 0 spiro atoms. The van der Waals surface area contributed by atoms with Crippen LogP contribution in [0.1, 0.15) is 5.56 Å². The molecule has 1 aromatic carbocycles. The van der Waals surface area contributed by atoms with Gasteiger partial charge in [-0.3, -0.25) is 4.79 Å². The first kappa shape index (κ1) is 11.6. The fourth-order valence-electron chi connectivity index (χ4n) is 1.45. The molecule has 0 atom stereocenters. The van der Waals surface area contributed by atoms with Crippen LogP contribution in [-0.4, -0.2) is 36.3 Å². The molecule has 17 heavy (non-hydrogen) atoms. The summed E-state index contributed by atoms with van der Waals surface area (Å²) in [7, 11) is 0. The lowest BCUT2D eigenvalue weighted by molar-refractivity contribution is -0.130. The zero-order valence-corrected chi connectivity index (χ0v) is 9.25. The molecule has 4 nitrogen and oxygen atoms in total. The van der Waals surface area contributed by atoms with E-state index in [1.54, 1.807) is 0 Å². The van der Waals surface area contributed by atoms with Crippen LogP contribution in [0.3, 0.4) is 0 Å². The second-order valence-corrected chi connectivity index (χ2v) is 3.83. The van der Waals surface area contributed by atoms with Gasteiger partial charge < -0.3 is 9.74 Å². The van der Waals surface area contributed by atoms with Crippen LogP contribution in [0.25, 0.3) is 0 Å². The summed E-state index contributed by atoms with van der Waals surface area (Å²) in [5, 5.41) is 3.56. The number of oxime groups is 1. The Kier molecular flexibility index (Phi) is 3.69. The van der Waals surface area contributed by atoms with Gasteiger partial charge in [0.2, 0.25) is 0 Å². The highest BCUT2D eigenvalue weighted by molar-refractivity contribution is 6.26. The van der Waals surface area contributed by atoms with Crippen molar-refractivity contribution in [1.29, 1.82) is 0 Å². The number of amides is 1. The maximum Gasteiger partial charge on any atom is 0.268 e. The molecule has 0 aromatic heterocycles. The molecule has 0 aliphatic carbocycles. The van der Waals surface area contributed by atoms with E-state index in [1.165, 1.54) is 4.90 Å². The van der Waals surface area contributed by atoms with Crippen molar-refractivity contribution in [2.24, 2.45) is 5.16 Å². The van der Waals surface area contributed by atoms with Crippen molar-refractivity contribution >= 4 is 12.1 Å². The third-order valence-electron chi connectivity index (χ3n) is 2.46. The number of nitrogens with zero attached hydrogens (tertiary/aromatic N) is 2. The molecule has 1 heterocycles. The Balaban J connectivity index is 1.70. The molecule has 0 unspecified atom stereocenters. The lowest BCUT2D eigenvalue weighted by Crippen LogP contribution is -2.51. The highest BCUT2D eigenvalue weighted by Crippen LogP contribution is 2.10. The third kappa shape index (κ3) is 3.27. The number of carbonyl (C=O) groups is 1. The Morgan fingerprint density at radius 1 is 1.47 bits per heavy atom. The SMILES string of the molecule is O=C(C=NOCc1ccccc1)N1CC(F)C1.